The van der Waals surface area contributed by atoms with E-state index in [-0.39, 0.29) is 18.5 Å². The zero-order chi connectivity index (χ0) is 15.7. The van der Waals surface area contributed by atoms with E-state index in [1.165, 1.54) is 0 Å². The summed E-state index contributed by atoms with van der Waals surface area (Å²) in [5, 5.41) is 8.89. The molecule has 0 fully saturated rings. The highest BCUT2D eigenvalue weighted by atomic mass is 16.5. The normalized spacial score (nSPS) is 13.8. The molecule has 0 saturated carbocycles. The van der Waals surface area contributed by atoms with Crippen molar-refractivity contribution in [3.63, 3.8) is 0 Å². The summed E-state index contributed by atoms with van der Waals surface area (Å²) in [5.74, 6) is -2.11. The Hall–Kier alpha value is -2.10. The van der Waals surface area contributed by atoms with Crippen LogP contribution in [-0.4, -0.2) is 23.7 Å². The molecule has 0 saturated heterocycles. The van der Waals surface area contributed by atoms with E-state index in [1.807, 2.05) is 43.3 Å². The number of aliphatic carboxylic acids is 1. The lowest BCUT2D eigenvalue weighted by molar-refractivity contribution is -0.149. The van der Waals surface area contributed by atoms with Gasteiger partial charge in [0.15, 0.2) is 0 Å². The second-order valence-electron chi connectivity index (χ2n) is 5.02. The Morgan fingerprint density at radius 2 is 1.95 bits per heavy atom. The van der Waals surface area contributed by atoms with E-state index in [0.717, 1.165) is 5.56 Å². The van der Waals surface area contributed by atoms with Crippen LogP contribution in [0.25, 0.3) is 6.08 Å². The maximum atomic E-state index is 11.9. The monoisotopic (exact) mass is 290 g/mol. The quantitative estimate of drug-likeness (QED) is 0.745. The van der Waals surface area contributed by atoms with Crippen LogP contribution >= 0.6 is 0 Å². The van der Waals surface area contributed by atoms with Crippen molar-refractivity contribution in [3.8, 4) is 0 Å². The molecular weight excluding hydrogens is 268 g/mol. The van der Waals surface area contributed by atoms with Gasteiger partial charge < -0.3 is 9.84 Å². The smallest absolute Gasteiger partial charge is 0.309 e. The van der Waals surface area contributed by atoms with Gasteiger partial charge in [0.25, 0.3) is 0 Å². The number of carboxylic acids is 1. The number of carboxylic acid groups (broad SMARTS) is 1. The highest BCUT2D eigenvalue weighted by Crippen LogP contribution is 2.17. The van der Waals surface area contributed by atoms with E-state index in [4.69, 9.17) is 9.84 Å². The first-order chi connectivity index (χ1) is 10.0. The van der Waals surface area contributed by atoms with Gasteiger partial charge in [-0.15, -0.1) is 0 Å². The molecule has 0 amide bonds. The Bertz CT molecular complexity index is 479. The first-order valence-electron chi connectivity index (χ1n) is 7.15. The van der Waals surface area contributed by atoms with Crippen LogP contribution in [0.3, 0.4) is 0 Å². The van der Waals surface area contributed by atoms with Gasteiger partial charge >= 0.3 is 11.9 Å². The van der Waals surface area contributed by atoms with Crippen molar-refractivity contribution in [3.05, 3.63) is 42.0 Å². The number of carbonyl (C=O) groups excluding carboxylic acids is 1. The molecule has 1 rings (SSSR count). The van der Waals surface area contributed by atoms with Crippen LogP contribution in [0, 0.1) is 11.8 Å². The topological polar surface area (TPSA) is 63.6 Å². The van der Waals surface area contributed by atoms with Gasteiger partial charge in [-0.1, -0.05) is 50.3 Å². The third-order valence-corrected chi connectivity index (χ3v) is 3.32. The lowest BCUT2D eigenvalue weighted by Crippen LogP contribution is -2.22. The molecular formula is C17H22O4. The number of ether oxygens (including phenoxy) is 1. The van der Waals surface area contributed by atoms with Crippen LogP contribution in [0.5, 0.6) is 0 Å². The van der Waals surface area contributed by atoms with Crippen molar-refractivity contribution in [2.24, 2.45) is 11.8 Å². The lowest BCUT2D eigenvalue weighted by Gasteiger charge is -2.15. The van der Waals surface area contributed by atoms with Gasteiger partial charge in [0.1, 0.15) is 6.61 Å². The van der Waals surface area contributed by atoms with Crippen LogP contribution in [-0.2, 0) is 14.3 Å². The van der Waals surface area contributed by atoms with E-state index >= 15 is 0 Å². The minimum atomic E-state index is -0.884. The zero-order valence-corrected chi connectivity index (χ0v) is 12.5. The molecule has 21 heavy (non-hydrogen) atoms. The first kappa shape index (κ1) is 17.0. The van der Waals surface area contributed by atoms with Crippen molar-refractivity contribution in [1.29, 1.82) is 0 Å². The molecule has 4 heteroatoms. The second kappa shape index (κ2) is 8.95. The fraction of sp³-hybridized carbons (Fsp3) is 0.412. The summed E-state index contributed by atoms with van der Waals surface area (Å²) in [7, 11) is 0. The largest absolute Gasteiger partial charge is 0.481 e. The van der Waals surface area contributed by atoms with Gasteiger partial charge in [0, 0.05) is 0 Å². The number of benzene rings is 1. The molecule has 0 aromatic heterocycles. The van der Waals surface area contributed by atoms with Crippen molar-refractivity contribution in [1.82, 2.24) is 0 Å². The number of hydrogen-bond acceptors (Lipinski definition) is 3. The van der Waals surface area contributed by atoms with Crippen LogP contribution in [0.15, 0.2) is 36.4 Å². The second-order valence-corrected chi connectivity index (χ2v) is 5.02. The molecule has 2 atom stereocenters. The Kier molecular flexibility index (Phi) is 7.23. The highest BCUT2D eigenvalue weighted by molar-refractivity contribution is 5.75. The summed E-state index contributed by atoms with van der Waals surface area (Å²) >= 11 is 0. The summed E-state index contributed by atoms with van der Waals surface area (Å²) in [6.45, 7) is 3.67. The van der Waals surface area contributed by atoms with Crippen molar-refractivity contribution >= 4 is 18.0 Å². The van der Waals surface area contributed by atoms with E-state index in [0.29, 0.717) is 12.8 Å². The number of esters is 1. The van der Waals surface area contributed by atoms with Crippen LogP contribution in [0.2, 0.25) is 0 Å². The Labute approximate surface area is 125 Å². The van der Waals surface area contributed by atoms with E-state index in [1.54, 1.807) is 13.0 Å². The van der Waals surface area contributed by atoms with Crippen molar-refractivity contribution in [2.75, 3.05) is 6.61 Å². The third kappa shape index (κ3) is 6.25. The van der Waals surface area contributed by atoms with Gasteiger partial charge in [-0.2, -0.15) is 0 Å². The van der Waals surface area contributed by atoms with Gasteiger partial charge in [0.05, 0.1) is 11.8 Å². The predicted octanol–water partition coefficient (Wildman–Crippen LogP) is 3.38. The van der Waals surface area contributed by atoms with Gasteiger partial charge in [0.2, 0.25) is 0 Å². The minimum absolute atomic E-state index is 0.200. The highest BCUT2D eigenvalue weighted by Gasteiger charge is 2.23. The molecule has 0 aliphatic rings. The maximum absolute atomic E-state index is 11.9. The summed E-state index contributed by atoms with van der Waals surface area (Å²) in [5.41, 5.74) is 1.04. The Balaban J connectivity index is 2.41. The molecule has 1 N–H and O–H groups in total. The summed E-state index contributed by atoms with van der Waals surface area (Å²) in [6, 6.07) is 9.73. The number of hydrogen-bond donors (Lipinski definition) is 1. The molecule has 2 unspecified atom stereocenters. The molecule has 0 spiro atoms. The van der Waals surface area contributed by atoms with Gasteiger partial charge in [-0.05, 0) is 24.5 Å². The molecule has 4 nitrogen and oxygen atoms in total. The average Bonchev–Trinajstić information content (AvgIpc) is 2.49. The lowest BCUT2D eigenvalue weighted by atomic mass is 9.94. The molecule has 0 heterocycles. The molecule has 0 aliphatic carbocycles. The molecule has 0 aliphatic heterocycles. The zero-order valence-electron chi connectivity index (χ0n) is 12.5. The molecule has 114 valence electrons. The van der Waals surface area contributed by atoms with Gasteiger partial charge in [-0.3, -0.25) is 9.59 Å². The molecule has 0 radical (unpaired) electrons. The van der Waals surface area contributed by atoms with E-state index in [9.17, 15) is 9.59 Å². The summed E-state index contributed by atoms with van der Waals surface area (Å²) in [4.78, 5) is 22.7. The van der Waals surface area contributed by atoms with E-state index in [2.05, 4.69) is 0 Å². The third-order valence-electron chi connectivity index (χ3n) is 3.32. The van der Waals surface area contributed by atoms with Crippen LogP contribution in [0.4, 0.5) is 0 Å². The van der Waals surface area contributed by atoms with Crippen LogP contribution < -0.4 is 0 Å². The number of rotatable bonds is 8. The van der Waals surface area contributed by atoms with E-state index < -0.39 is 11.9 Å². The van der Waals surface area contributed by atoms with Crippen molar-refractivity contribution in [2.45, 2.75) is 26.7 Å². The predicted molar refractivity (Wildman–Crippen MR) is 81.6 cm³/mol. The summed E-state index contributed by atoms with van der Waals surface area (Å²) in [6.07, 6.45) is 4.56. The molecule has 1 aromatic rings. The molecule has 1 aromatic carbocycles. The fourth-order valence-electron chi connectivity index (χ4n) is 1.95. The SMILES string of the molecule is CCC(CC(C)C(=O)O)C(=O)OC/C=C/c1ccccc1. The first-order valence-corrected chi connectivity index (χ1v) is 7.15. The number of carbonyl (C=O) groups is 2. The van der Waals surface area contributed by atoms with Crippen LogP contribution in [0.1, 0.15) is 32.3 Å². The fourth-order valence-corrected chi connectivity index (χ4v) is 1.95. The minimum Gasteiger partial charge on any atom is -0.481 e. The Morgan fingerprint density at radius 3 is 2.52 bits per heavy atom. The van der Waals surface area contributed by atoms with Crippen molar-refractivity contribution < 1.29 is 19.4 Å². The summed E-state index contributed by atoms with van der Waals surface area (Å²) < 4.78 is 5.18. The molecule has 0 bridgehead atoms. The van der Waals surface area contributed by atoms with Gasteiger partial charge in [-0.25, -0.2) is 0 Å². The standard InChI is InChI=1S/C17H22O4/c1-3-15(12-13(2)16(18)19)17(20)21-11-7-10-14-8-5-4-6-9-14/h4-10,13,15H,3,11-12H2,1-2H3,(H,18,19)/b10-7+. The average molecular weight is 290 g/mol. The maximum Gasteiger partial charge on any atom is 0.309 e. The Morgan fingerprint density at radius 1 is 1.29 bits per heavy atom.